The van der Waals surface area contributed by atoms with Gasteiger partial charge < -0.3 is 9.47 Å². The normalized spacial score (nSPS) is 17.0. The molecule has 1 fully saturated rings. The molecule has 3 heterocycles. The highest BCUT2D eigenvalue weighted by Crippen LogP contribution is 2.54. The van der Waals surface area contributed by atoms with Crippen LogP contribution in [0.1, 0.15) is 28.9 Å². The molecule has 26 heavy (non-hydrogen) atoms. The third kappa shape index (κ3) is 1.92. The number of halogens is 2. The predicted octanol–water partition coefficient (Wildman–Crippen LogP) is 3.89. The third-order valence-electron chi connectivity index (χ3n) is 5.52. The Labute approximate surface area is 148 Å². The minimum absolute atomic E-state index is 0.0749. The fraction of sp³-hybridized carbons (Fsp3) is 0.200. The van der Waals surface area contributed by atoms with Crippen molar-refractivity contribution >= 4 is 5.91 Å². The van der Waals surface area contributed by atoms with Crippen LogP contribution in [-0.4, -0.2) is 27.4 Å². The maximum atomic E-state index is 15.0. The molecule has 5 rings (SSSR count). The summed E-state index contributed by atoms with van der Waals surface area (Å²) in [4.78, 5) is 18.2. The smallest absolute Gasteiger partial charge is 0.271 e. The molecule has 1 amide bonds. The maximum absolute atomic E-state index is 15.0. The van der Waals surface area contributed by atoms with E-state index in [4.69, 9.17) is 0 Å². The summed E-state index contributed by atoms with van der Waals surface area (Å²) in [7, 11) is 1.78. The summed E-state index contributed by atoms with van der Waals surface area (Å²) < 4.78 is 29.9. The largest absolute Gasteiger partial charge is 0.331 e. The van der Waals surface area contributed by atoms with Crippen LogP contribution in [0.2, 0.25) is 0 Å². The number of aromatic nitrogens is 2. The Morgan fingerprint density at radius 3 is 2.65 bits per heavy atom. The van der Waals surface area contributed by atoms with Crippen molar-refractivity contribution in [3.63, 3.8) is 0 Å². The molecule has 2 aromatic heterocycles. The van der Waals surface area contributed by atoms with Gasteiger partial charge in [-0.25, -0.2) is 9.37 Å². The predicted molar refractivity (Wildman–Crippen MR) is 91.9 cm³/mol. The second-order valence-corrected chi connectivity index (χ2v) is 6.88. The summed E-state index contributed by atoms with van der Waals surface area (Å²) in [5.41, 5.74) is 2.51. The highest BCUT2D eigenvalue weighted by molar-refractivity contribution is 5.95. The molecule has 0 radical (unpaired) electrons. The average Bonchev–Trinajstić information content (AvgIpc) is 3.31. The molecule has 0 bridgehead atoms. The topological polar surface area (TPSA) is 38.1 Å². The van der Waals surface area contributed by atoms with Crippen LogP contribution in [0.3, 0.4) is 0 Å². The monoisotopic (exact) mass is 351 g/mol. The number of hydrogen-bond acceptors (Lipinski definition) is 2. The number of benzene rings is 1. The minimum Gasteiger partial charge on any atom is -0.331 e. The minimum atomic E-state index is -0.610. The molecule has 3 aromatic rings. The first-order chi connectivity index (χ1) is 12.5. The average molecular weight is 351 g/mol. The first-order valence-electron chi connectivity index (χ1n) is 8.43. The van der Waals surface area contributed by atoms with E-state index in [1.54, 1.807) is 34.7 Å². The Hall–Kier alpha value is -3.02. The second kappa shape index (κ2) is 5.00. The Bertz CT molecular complexity index is 1050. The van der Waals surface area contributed by atoms with Gasteiger partial charge in [-0.1, -0.05) is 0 Å². The van der Waals surface area contributed by atoms with Crippen molar-refractivity contribution in [1.29, 1.82) is 0 Å². The molecule has 0 atom stereocenters. The Morgan fingerprint density at radius 1 is 1.15 bits per heavy atom. The van der Waals surface area contributed by atoms with Crippen molar-refractivity contribution in [3.8, 4) is 16.8 Å². The van der Waals surface area contributed by atoms with E-state index in [9.17, 15) is 13.6 Å². The maximum Gasteiger partial charge on any atom is 0.271 e. The Balaban J connectivity index is 1.80. The van der Waals surface area contributed by atoms with Gasteiger partial charge in [-0.15, -0.1) is 0 Å². The van der Waals surface area contributed by atoms with E-state index in [-0.39, 0.29) is 5.91 Å². The zero-order valence-electron chi connectivity index (χ0n) is 14.0. The number of hydrogen-bond donors (Lipinski definition) is 0. The quantitative estimate of drug-likeness (QED) is 0.624. The zero-order chi connectivity index (χ0) is 18.1. The van der Waals surface area contributed by atoms with Gasteiger partial charge in [0.25, 0.3) is 5.91 Å². The highest BCUT2D eigenvalue weighted by Gasteiger charge is 2.53. The molecule has 2 aliphatic rings. The van der Waals surface area contributed by atoms with Crippen LogP contribution in [0.5, 0.6) is 0 Å². The molecule has 0 saturated heterocycles. The van der Waals surface area contributed by atoms with E-state index >= 15 is 0 Å². The molecular weight excluding hydrogens is 336 g/mol. The summed E-state index contributed by atoms with van der Waals surface area (Å²) in [5, 5.41) is 0. The molecule has 1 aliphatic carbocycles. The van der Waals surface area contributed by atoms with Crippen LogP contribution in [-0.2, 0) is 5.54 Å². The van der Waals surface area contributed by atoms with Crippen molar-refractivity contribution < 1.29 is 13.6 Å². The molecule has 1 aromatic carbocycles. The van der Waals surface area contributed by atoms with Crippen molar-refractivity contribution in [2.45, 2.75) is 18.4 Å². The summed E-state index contributed by atoms with van der Waals surface area (Å²) in [6.07, 6.45) is 4.75. The van der Waals surface area contributed by atoms with Crippen LogP contribution >= 0.6 is 0 Å². The van der Waals surface area contributed by atoms with Crippen LogP contribution < -0.4 is 0 Å². The first-order valence-corrected chi connectivity index (χ1v) is 8.43. The SMILES string of the molecule is CN1C(=O)c2cccn2-c2cc(-c3ccc(F)nc3)c(F)cc2C12CC2. The lowest BCUT2D eigenvalue weighted by Crippen LogP contribution is -2.36. The molecule has 0 unspecified atom stereocenters. The molecule has 4 nitrogen and oxygen atoms in total. The number of pyridine rings is 1. The van der Waals surface area contributed by atoms with Gasteiger partial charge in [-0.2, -0.15) is 4.39 Å². The highest BCUT2D eigenvalue weighted by atomic mass is 19.1. The number of rotatable bonds is 1. The van der Waals surface area contributed by atoms with Gasteiger partial charge in [0.2, 0.25) is 5.95 Å². The standard InChI is InChI=1S/C20H15F2N3O/c1-24-19(26)16-3-2-8-25(16)17-9-13(12-4-5-18(22)23-11-12)15(21)10-14(17)20(24)6-7-20/h2-5,8-11H,6-7H2,1H3. The van der Waals surface area contributed by atoms with Gasteiger partial charge in [0.1, 0.15) is 11.5 Å². The molecular formula is C20H15F2N3O. The van der Waals surface area contributed by atoms with Gasteiger partial charge in [0, 0.05) is 36.1 Å². The Morgan fingerprint density at radius 2 is 1.96 bits per heavy atom. The molecule has 0 N–H and O–H groups in total. The lowest BCUT2D eigenvalue weighted by atomic mass is 9.96. The van der Waals surface area contributed by atoms with Gasteiger partial charge in [0.15, 0.2) is 0 Å². The fourth-order valence-corrected chi connectivity index (χ4v) is 3.93. The summed E-state index contributed by atoms with van der Waals surface area (Å²) in [5.74, 6) is -1.09. The fourth-order valence-electron chi connectivity index (χ4n) is 3.93. The van der Waals surface area contributed by atoms with Crippen molar-refractivity contribution in [2.24, 2.45) is 0 Å². The van der Waals surface area contributed by atoms with E-state index in [0.717, 1.165) is 24.1 Å². The second-order valence-electron chi connectivity index (χ2n) is 6.88. The molecule has 6 heteroatoms. The van der Waals surface area contributed by atoms with Crippen molar-refractivity contribution in [3.05, 3.63) is 71.8 Å². The van der Waals surface area contributed by atoms with Gasteiger partial charge in [-0.3, -0.25) is 4.79 Å². The number of fused-ring (bicyclic) bond motifs is 4. The summed E-state index contributed by atoms with van der Waals surface area (Å²) >= 11 is 0. The van der Waals surface area contributed by atoms with E-state index in [2.05, 4.69) is 4.98 Å². The third-order valence-corrected chi connectivity index (χ3v) is 5.52. The van der Waals surface area contributed by atoms with Crippen LogP contribution in [0.25, 0.3) is 16.8 Å². The number of carbonyl (C=O) groups excluding carboxylic acids is 1. The van der Waals surface area contributed by atoms with Gasteiger partial charge >= 0.3 is 0 Å². The lowest BCUT2D eigenvalue weighted by molar-refractivity contribution is 0.0705. The lowest BCUT2D eigenvalue weighted by Gasteiger charge is -2.27. The molecule has 1 aliphatic heterocycles. The number of carbonyl (C=O) groups is 1. The van der Waals surface area contributed by atoms with E-state index in [1.807, 2.05) is 6.20 Å². The van der Waals surface area contributed by atoms with E-state index in [0.29, 0.717) is 16.8 Å². The number of nitrogens with zero attached hydrogens (tertiary/aromatic N) is 3. The van der Waals surface area contributed by atoms with Crippen LogP contribution in [0, 0.1) is 11.8 Å². The van der Waals surface area contributed by atoms with Crippen LogP contribution in [0.15, 0.2) is 48.8 Å². The van der Waals surface area contributed by atoms with Gasteiger partial charge in [0.05, 0.1) is 11.2 Å². The first kappa shape index (κ1) is 15.3. The summed E-state index contributed by atoms with van der Waals surface area (Å²) in [6, 6.07) is 9.53. The molecule has 130 valence electrons. The van der Waals surface area contributed by atoms with E-state index < -0.39 is 17.3 Å². The zero-order valence-corrected chi connectivity index (χ0v) is 14.0. The summed E-state index contributed by atoms with van der Waals surface area (Å²) in [6.45, 7) is 0. The van der Waals surface area contributed by atoms with Crippen LogP contribution in [0.4, 0.5) is 8.78 Å². The molecule has 1 spiro atoms. The number of amides is 1. The van der Waals surface area contributed by atoms with Crippen molar-refractivity contribution in [2.75, 3.05) is 7.05 Å². The van der Waals surface area contributed by atoms with Crippen molar-refractivity contribution in [1.82, 2.24) is 14.5 Å². The van der Waals surface area contributed by atoms with Gasteiger partial charge in [-0.05, 0) is 49.2 Å². The van der Waals surface area contributed by atoms with E-state index in [1.165, 1.54) is 24.4 Å². The Kier molecular flexibility index (Phi) is 2.93. The molecule has 1 saturated carbocycles.